The molecule has 0 radical (unpaired) electrons. The summed E-state index contributed by atoms with van der Waals surface area (Å²) in [6.07, 6.45) is 0.952. The van der Waals surface area contributed by atoms with E-state index < -0.39 is 0 Å². The van der Waals surface area contributed by atoms with Crippen molar-refractivity contribution >= 4 is 15.9 Å². The normalized spacial score (nSPS) is 12.2. The second-order valence-electron chi connectivity index (χ2n) is 4.83. The Morgan fingerprint density at radius 1 is 1.15 bits per heavy atom. The van der Waals surface area contributed by atoms with Crippen molar-refractivity contribution in [2.75, 3.05) is 20.7 Å². The maximum absolute atomic E-state index is 5.47. The molecule has 0 heterocycles. The molecule has 0 aliphatic heterocycles. The highest BCUT2D eigenvalue weighted by atomic mass is 79.9. The van der Waals surface area contributed by atoms with Crippen LogP contribution >= 0.6 is 15.9 Å². The van der Waals surface area contributed by atoms with Crippen LogP contribution in [0.25, 0.3) is 0 Å². The molecule has 0 aromatic heterocycles. The minimum atomic E-state index is 0.435. The molecule has 1 unspecified atom stereocenters. The zero-order chi connectivity index (χ0) is 14.4. The summed E-state index contributed by atoms with van der Waals surface area (Å²) in [6, 6.07) is 16.8. The van der Waals surface area contributed by atoms with E-state index in [9.17, 15) is 0 Å². The fourth-order valence-electron chi connectivity index (χ4n) is 2.45. The molecular weight excluding hydrogens is 314 g/mol. The van der Waals surface area contributed by atoms with Gasteiger partial charge in [0.25, 0.3) is 0 Å². The smallest absolute Gasteiger partial charge is 0.122 e. The number of methoxy groups -OCH3 is 1. The predicted octanol–water partition coefficient (Wildman–Crippen LogP) is 4.00. The van der Waals surface area contributed by atoms with E-state index in [0.29, 0.717) is 5.92 Å². The Balaban J connectivity index is 2.26. The Labute approximate surface area is 129 Å². The van der Waals surface area contributed by atoms with Gasteiger partial charge in [-0.05, 0) is 42.8 Å². The first-order valence-electron chi connectivity index (χ1n) is 6.76. The number of nitrogens with one attached hydrogen (secondary N) is 1. The van der Waals surface area contributed by atoms with Gasteiger partial charge in [0.05, 0.1) is 7.11 Å². The largest absolute Gasteiger partial charge is 0.496 e. The van der Waals surface area contributed by atoms with Crippen LogP contribution in [-0.4, -0.2) is 20.7 Å². The van der Waals surface area contributed by atoms with Gasteiger partial charge in [-0.15, -0.1) is 0 Å². The highest BCUT2D eigenvalue weighted by molar-refractivity contribution is 9.10. The van der Waals surface area contributed by atoms with Crippen LogP contribution in [0.4, 0.5) is 0 Å². The molecule has 2 nitrogen and oxygen atoms in total. The third-order valence-corrected chi connectivity index (χ3v) is 3.92. The van der Waals surface area contributed by atoms with E-state index in [1.54, 1.807) is 7.11 Å². The molecule has 0 fully saturated rings. The summed E-state index contributed by atoms with van der Waals surface area (Å²) in [6.45, 7) is 0.944. The standard InChI is InChI=1S/C17H20BrNO/c1-19-12-15(13-6-4-3-5-7-13)10-14-11-16(18)8-9-17(14)20-2/h3-9,11,15,19H,10,12H2,1-2H3. The Morgan fingerprint density at radius 3 is 2.55 bits per heavy atom. The topological polar surface area (TPSA) is 21.3 Å². The van der Waals surface area contributed by atoms with Crippen LogP contribution in [0.1, 0.15) is 17.0 Å². The second-order valence-corrected chi connectivity index (χ2v) is 5.74. The highest BCUT2D eigenvalue weighted by Gasteiger charge is 2.14. The third-order valence-electron chi connectivity index (χ3n) is 3.43. The minimum Gasteiger partial charge on any atom is -0.496 e. The van der Waals surface area contributed by atoms with Crippen molar-refractivity contribution in [3.05, 3.63) is 64.1 Å². The van der Waals surface area contributed by atoms with Crippen molar-refractivity contribution in [1.82, 2.24) is 5.32 Å². The molecule has 0 saturated heterocycles. The molecule has 0 saturated carbocycles. The number of rotatable bonds is 6. The zero-order valence-corrected chi connectivity index (χ0v) is 13.5. The van der Waals surface area contributed by atoms with Crippen LogP contribution in [0.15, 0.2) is 53.0 Å². The quantitative estimate of drug-likeness (QED) is 0.862. The Hall–Kier alpha value is -1.32. The molecule has 106 valence electrons. The lowest BCUT2D eigenvalue weighted by molar-refractivity contribution is 0.407. The summed E-state index contributed by atoms with van der Waals surface area (Å²) >= 11 is 3.54. The molecule has 0 bridgehead atoms. The average molecular weight is 334 g/mol. The highest BCUT2D eigenvalue weighted by Crippen LogP contribution is 2.28. The summed E-state index contributed by atoms with van der Waals surface area (Å²) in [5, 5.41) is 3.29. The lowest BCUT2D eigenvalue weighted by Gasteiger charge is -2.19. The summed E-state index contributed by atoms with van der Waals surface area (Å²) in [5.41, 5.74) is 2.58. The van der Waals surface area contributed by atoms with E-state index in [2.05, 4.69) is 57.6 Å². The SMILES string of the molecule is CNCC(Cc1cc(Br)ccc1OC)c1ccccc1. The van der Waals surface area contributed by atoms with E-state index >= 15 is 0 Å². The van der Waals surface area contributed by atoms with E-state index in [4.69, 9.17) is 4.74 Å². The summed E-state index contributed by atoms with van der Waals surface area (Å²) in [5.74, 6) is 1.38. The molecule has 2 aromatic rings. The van der Waals surface area contributed by atoms with E-state index in [0.717, 1.165) is 23.2 Å². The molecular formula is C17H20BrNO. The van der Waals surface area contributed by atoms with Crippen molar-refractivity contribution in [3.8, 4) is 5.75 Å². The van der Waals surface area contributed by atoms with Gasteiger partial charge in [0, 0.05) is 16.9 Å². The van der Waals surface area contributed by atoms with Gasteiger partial charge in [0.15, 0.2) is 0 Å². The monoisotopic (exact) mass is 333 g/mol. The van der Waals surface area contributed by atoms with Gasteiger partial charge in [-0.1, -0.05) is 46.3 Å². The number of benzene rings is 2. The molecule has 0 aliphatic carbocycles. The van der Waals surface area contributed by atoms with Gasteiger partial charge >= 0.3 is 0 Å². The van der Waals surface area contributed by atoms with Crippen molar-refractivity contribution < 1.29 is 4.74 Å². The minimum absolute atomic E-state index is 0.435. The average Bonchev–Trinajstić information content (AvgIpc) is 2.48. The van der Waals surface area contributed by atoms with Gasteiger partial charge in [-0.25, -0.2) is 0 Å². The number of hydrogen-bond acceptors (Lipinski definition) is 2. The fraction of sp³-hybridized carbons (Fsp3) is 0.294. The van der Waals surface area contributed by atoms with Gasteiger partial charge in [0.2, 0.25) is 0 Å². The van der Waals surface area contributed by atoms with Crippen LogP contribution < -0.4 is 10.1 Å². The van der Waals surface area contributed by atoms with Crippen LogP contribution in [0, 0.1) is 0 Å². The van der Waals surface area contributed by atoms with Gasteiger partial charge in [-0.2, -0.15) is 0 Å². The molecule has 1 atom stereocenters. The molecule has 3 heteroatoms. The first kappa shape index (κ1) is 15.1. The molecule has 20 heavy (non-hydrogen) atoms. The molecule has 2 aromatic carbocycles. The predicted molar refractivity (Wildman–Crippen MR) is 87.5 cm³/mol. The van der Waals surface area contributed by atoms with Crippen LogP contribution in [0.3, 0.4) is 0 Å². The van der Waals surface area contributed by atoms with Gasteiger partial charge < -0.3 is 10.1 Å². The molecule has 0 amide bonds. The molecule has 0 aliphatic rings. The van der Waals surface area contributed by atoms with Gasteiger partial charge in [-0.3, -0.25) is 0 Å². The first-order chi connectivity index (χ1) is 9.74. The van der Waals surface area contributed by atoms with Crippen LogP contribution in [-0.2, 0) is 6.42 Å². The molecule has 2 rings (SSSR count). The maximum Gasteiger partial charge on any atom is 0.122 e. The van der Waals surface area contributed by atoms with Crippen molar-refractivity contribution in [2.45, 2.75) is 12.3 Å². The molecule has 0 spiro atoms. The van der Waals surface area contributed by atoms with Crippen molar-refractivity contribution in [3.63, 3.8) is 0 Å². The number of likely N-dealkylation sites (N-methyl/N-ethyl adjacent to an activating group) is 1. The van der Waals surface area contributed by atoms with E-state index in [1.165, 1.54) is 11.1 Å². The zero-order valence-electron chi connectivity index (χ0n) is 11.9. The second kappa shape index (κ2) is 7.46. The van der Waals surface area contributed by atoms with Crippen molar-refractivity contribution in [2.24, 2.45) is 0 Å². The summed E-state index contributed by atoms with van der Waals surface area (Å²) in [4.78, 5) is 0. The number of hydrogen-bond donors (Lipinski definition) is 1. The van der Waals surface area contributed by atoms with E-state index in [1.807, 2.05) is 19.2 Å². The number of ether oxygens (including phenoxy) is 1. The summed E-state index contributed by atoms with van der Waals surface area (Å²) in [7, 11) is 3.72. The lowest BCUT2D eigenvalue weighted by Crippen LogP contribution is -2.19. The number of halogens is 1. The Bertz CT molecular complexity index is 542. The molecule has 1 N–H and O–H groups in total. The first-order valence-corrected chi connectivity index (χ1v) is 7.56. The van der Waals surface area contributed by atoms with Crippen LogP contribution in [0.2, 0.25) is 0 Å². The fourth-order valence-corrected chi connectivity index (χ4v) is 2.86. The van der Waals surface area contributed by atoms with E-state index in [-0.39, 0.29) is 0 Å². The van der Waals surface area contributed by atoms with Crippen LogP contribution in [0.5, 0.6) is 5.75 Å². The van der Waals surface area contributed by atoms with Gasteiger partial charge in [0.1, 0.15) is 5.75 Å². The van der Waals surface area contributed by atoms with Crippen molar-refractivity contribution in [1.29, 1.82) is 0 Å². The maximum atomic E-state index is 5.47. The lowest BCUT2D eigenvalue weighted by atomic mass is 9.91. The summed E-state index contributed by atoms with van der Waals surface area (Å²) < 4.78 is 6.56. The Morgan fingerprint density at radius 2 is 1.90 bits per heavy atom. The Kier molecular flexibility index (Phi) is 5.62. The third kappa shape index (κ3) is 3.84.